The Balaban J connectivity index is 0.00000450. The Hall–Kier alpha value is -1.42. The lowest BCUT2D eigenvalue weighted by atomic mass is 10.2. The van der Waals surface area contributed by atoms with E-state index in [1.54, 1.807) is 0 Å². The fraction of sp³-hybridized carbons (Fsp3) is 0.636. The number of benzene rings is 1. The number of likely N-dealkylation sites (N-methyl/N-ethyl adjacent to an activating group) is 1. The number of nitrogens with zero attached hydrogens (tertiary/aromatic N) is 3. The smallest absolute Gasteiger partial charge is 0.222 e. The van der Waals surface area contributed by atoms with Gasteiger partial charge in [-0.15, -0.1) is 24.0 Å². The first-order chi connectivity index (χ1) is 14.1. The van der Waals surface area contributed by atoms with Crippen LogP contribution in [0.25, 0.3) is 0 Å². The van der Waals surface area contributed by atoms with Gasteiger partial charge in [-0.05, 0) is 50.9 Å². The molecule has 0 radical (unpaired) electrons. The third-order valence-electron chi connectivity index (χ3n) is 5.02. The predicted octanol–water partition coefficient (Wildman–Crippen LogP) is 3.22. The van der Waals surface area contributed by atoms with E-state index in [0.717, 1.165) is 76.5 Å². The molecule has 170 valence electrons. The molecule has 0 bridgehead atoms. The summed E-state index contributed by atoms with van der Waals surface area (Å²) in [6.07, 6.45) is 4.87. The standard InChI is InChI=1S/C22H36FN5O.HI/c1-3-24-22(25-13-7-16-28-15-6-4-5-8-21(28)29)26-14-17-27(2)18-19-9-11-20(23)12-10-19;/h9-12H,3-8,13-18H2,1-2H3,(H2,24,25,26);1H. The zero-order valence-electron chi connectivity index (χ0n) is 18.3. The maximum absolute atomic E-state index is 13.0. The van der Waals surface area contributed by atoms with E-state index in [-0.39, 0.29) is 29.8 Å². The van der Waals surface area contributed by atoms with E-state index in [2.05, 4.69) is 20.5 Å². The number of amides is 1. The van der Waals surface area contributed by atoms with E-state index in [1.807, 2.05) is 31.0 Å². The number of hydrogen-bond acceptors (Lipinski definition) is 3. The molecule has 1 aliphatic heterocycles. The van der Waals surface area contributed by atoms with Crippen molar-refractivity contribution in [2.24, 2.45) is 4.99 Å². The monoisotopic (exact) mass is 533 g/mol. The van der Waals surface area contributed by atoms with Gasteiger partial charge in [-0.3, -0.25) is 9.79 Å². The van der Waals surface area contributed by atoms with Crippen LogP contribution in [0.1, 0.15) is 44.6 Å². The van der Waals surface area contributed by atoms with E-state index >= 15 is 0 Å². The SMILES string of the molecule is CCNC(=NCCCN1CCCCCC1=O)NCCN(C)Cc1ccc(F)cc1.I. The van der Waals surface area contributed by atoms with Crippen LogP contribution in [0.5, 0.6) is 0 Å². The fourth-order valence-electron chi connectivity index (χ4n) is 3.41. The molecule has 0 saturated carbocycles. The molecule has 2 rings (SSSR count). The van der Waals surface area contributed by atoms with Crippen molar-refractivity contribution in [3.63, 3.8) is 0 Å². The van der Waals surface area contributed by atoms with Gasteiger partial charge in [-0.25, -0.2) is 4.39 Å². The average Bonchev–Trinajstić information content (AvgIpc) is 2.91. The van der Waals surface area contributed by atoms with Gasteiger partial charge in [0.05, 0.1) is 0 Å². The topological polar surface area (TPSA) is 60.0 Å². The van der Waals surface area contributed by atoms with Gasteiger partial charge in [0.25, 0.3) is 0 Å². The van der Waals surface area contributed by atoms with Crippen molar-refractivity contribution in [1.29, 1.82) is 0 Å². The van der Waals surface area contributed by atoms with Crippen LogP contribution < -0.4 is 10.6 Å². The van der Waals surface area contributed by atoms with Gasteiger partial charge in [0.15, 0.2) is 5.96 Å². The maximum Gasteiger partial charge on any atom is 0.222 e. The Morgan fingerprint density at radius 1 is 1.20 bits per heavy atom. The summed E-state index contributed by atoms with van der Waals surface area (Å²) in [5.74, 6) is 0.898. The summed E-state index contributed by atoms with van der Waals surface area (Å²) in [6, 6.07) is 6.63. The zero-order valence-corrected chi connectivity index (χ0v) is 20.7. The van der Waals surface area contributed by atoms with Crippen LogP contribution in [0.15, 0.2) is 29.3 Å². The van der Waals surface area contributed by atoms with Crippen molar-refractivity contribution in [1.82, 2.24) is 20.4 Å². The van der Waals surface area contributed by atoms with Crippen molar-refractivity contribution >= 4 is 35.8 Å². The number of guanidine groups is 1. The third-order valence-corrected chi connectivity index (χ3v) is 5.02. The van der Waals surface area contributed by atoms with Crippen LogP contribution in [0.4, 0.5) is 4.39 Å². The highest BCUT2D eigenvalue weighted by atomic mass is 127. The van der Waals surface area contributed by atoms with E-state index < -0.39 is 0 Å². The van der Waals surface area contributed by atoms with Crippen LogP contribution >= 0.6 is 24.0 Å². The molecule has 0 aliphatic carbocycles. The number of carbonyl (C=O) groups is 1. The highest BCUT2D eigenvalue weighted by Gasteiger charge is 2.15. The minimum atomic E-state index is -0.204. The number of hydrogen-bond donors (Lipinski definition) is 2. The van der Waals surface area contributed by atoms with Crippen LogP contribution in [-0.2, 0) is 11.3 Å². The fourth-order valence-corrected chi connectivity index (χ4v) is 3.41. The second-order valence-electron chi connectivity index (χ2n) is 7.60. The first kappa shape index (κ1) is 26.6. The summed E-state index contributed by atoms with van der Waals surface area (Å²) in [5.41, 5.74) is 1.09. The van der Waals surface area contributed by atoms with Gasteiger partial charge in [-0.2, -0.15) is 0 Å². The first-order valence-electron chi connectivity index (χ1n) is 10.8. The summed E-state index contributed by atoms with van der Waals surface area (Å²) >= 11 is 0. The molecule has 0 spiro atoms. The summed E-state index contributed by atoms with van der Waals surface area (Å²) in [6.45, 7) is 7.64. The van der Waals surface area contributed by atoms with E-state index in [0.29, 0.717) is 18.9 Å². The number of halogens is 2. The van der Waals surface area contributed by atoms with Crippen molar-refractivity contribution in [2.45, 2.75) is 45.6 Å². The summed E-state index contributed by atoms with van der Waals surface area (Å²) in [7, 11) is 2.05. The molecule has 0 aromatic heterocycles. The largest absolute Gasteiger partial charge is 0.357 e. The minimum Gasteiger partial charge on any atom is -0.357 e. The lowest BCUT2D eigenvalue weighted by Gasteiger charge is -2.20. The van der Waals surface area contributed by atoms with Crippen LogP contribution in [-0.4, -0.2) is 68.0 Å². The Kier molecular flexibility index (Phi) is 13.7. The van der Waals surface area contributed by atoms with Gasteiger partial charge in [0, 0.05) is 52.2 Å². The molecule has 1 aliphatic rings. The van der Waals surface area contributed by atoms with Crippen LogP contribution in [0.2, 0.25) is 0 Å². The number of nitrogens with one attached hydrogen (secondary N) is 2. The number of carbonyl (C=O) groups excluding carboxylic acids is 1. The van der Waals surface area contributed by atoms with Gasteiger partial charge < -0.3 is 20.4 Å². The van der Waals surface area contributed by atoms with Crippen molar-refractivity contribution in [3.8, 4) is 0 Å². The molecular weight excluding hydrogens is 496 g/mol. The Morgan fingerprint density at radius 2 is 1.97 bits per heavy atom. The van der Waals surface area contributed by atoms with E-state index in [4.69, 9.17) is 0 Å². The average molecular weight is 533 g/mol. The molecule has 1 fully saturated rings. The second kappa shape index (κ2) is 15.4. The lowest BCUT2D eigenvalue weighted by Crippen LogP contribution is -2.41. The summed E-state index contributed by atoms with van der Waals surface area (Å²) in [5, 5.41) is 6.63. The zero-order chi connectivity index (χ0) is 20.9. The molecule has 0 atom stereocenters. The highest BCUT2D eigenvalue weighted by molar-refractivity contribution is 14.0. The molecule has 2 N–H and O–H groups in total. The Morgan fingerprint density at radius 3 is 2.70 bits per heavy atom. The molecule has 6 nitrogen and oxygen atoms in total. The number of rotatable bonds is 10. The molecule has 1 amide bonds. The quantitative estimate of drug-likeness (QED) is 0.210. The van der Waals surface area contributed by atoms with Gasteiger partial charge in [-0.1, -0.05) is 18.6 Å². The summed E-state index contributed by atoms with van der Waals surface area (Å²) < 4.78 is 13.0. The van der Waals surface area contributed by atoms with Gasteiger partial charge in [0.1, 0.15) is 5.82 Å². The first-order valence-corrected chi connectivity index (χ1v) is 10.8. The van der Waals surface area contributed by atoms with Crippen molar-refractivity contribution in [3.05, 3.63) is 35.6 Å². The van der Waals surface area contributed by atoms with E-state index in [9.17, 15) is 9.18 Å². The molecular formula is C22H37FIN5O. The normalized spacial score (nSPS) is 15.0. The van der Waals surface area contributed by atoms with Gasteiger partial charge >= 0.3 is 0 Å². The number of likely N-dealkylation sites (tertiary alicyclic amines) is 1. The highest BCUT2D eigenvalue weighted by Crippen LogP contribution is 2.11. The Bertz CT molecular complexity index is 641. The third kappa shape index (κ3) is 10.6. The predicted molar refractivity (Wildman–Crippen MR) is 132 cm³/mol. The maximum atomic E-state index is 13.0. The lowest BCUT2D eigenvalue weighted by molar-refractivity contribution is -0.130. The van der Waals surface area contributed by atoms with Gasteiger partial charge in [0.2, 0.25) is 5.91 Å². The van der Waals surface area contributed by atoms with E-state index in [1.165, 1.54) is 12.1 Å². The van der Waals surface area contributed by atoms with Crippen molar-refractivity contribution in [2.75, 3.05) is 46.3 Å². The molecule has 1 saturated heterocycles. The van der Waals surface area contributed by atoms with Crippen LogP contribution in [0, 0.1) is 5.82 Å². The number of aliphatic imine (C=N–C) groups is 1. The molecule has 30 heavy (non-hydrogen) atoms. The molecule has 1 aromatic carbocycles. The second-order valence-corrected chi connectivity index (χ2v) is 7.60. The molecule has 0 unspecified atom stereocenters. The summed E-state index contributed by atoms with van der Waals surface area (Å²) in [4.78, 5) is 20.9. The van der Waals surface area contributed by atoms with Crippen molar-refractivity contribution < 1.29 is 9.18 Å². The minimum absolute atomic E-state index is 0. The molecule has 1 heterocycles. The Labute approximate surface area is 197 Å². The molecule has 1 aromatic rings. The van der Waals surface area contributed by atoms with Crippen LogP contribution in [0.3, 0.4) is 0 Å². The molecule has 8 heteroatoms.